The first-order chi connectivity index (χ1) is 8.43. The van der Waals surface area contributed by atoms with Gasteiger partial charge in [-0.1, -0.05) is 51.9 Å². The van der Waals surface area contributed by atoms with Gasteiger partial charge in [0, 0.05) is 5.75 Å². The molecule has 0 spiro atoms. The standard InChI is InChI=1S/C16H25O.Li/c1-2-3-4-5-6-7-8-12-15-17-16-13-10-9-11-14-16;/h9-10,13-14H,2-8,12,15H2,1H3;/q-1;+1. The molecular weight excluding hydrogens is 215 g/mol. The Morgan fingerprint density at radius 3 is 2.28 bits per heavy atom. The zero-order valence-corrected chi connectivity index (χ0v) is 12.1. The van der Waals surface area contributed by atoms with Crippen LogP contribution in [-0.4, -0.2) is 6.61 Å². The van der Waals surface area contributed by atoms with Crippen molar-refractivity contribution in [2.24, 2.45) is 0 Å². The van der Waals surface area contributed by atoms with E-state index in [1.54, 1.807) is 0 Å². The maximum absolute atomic E-state index is 5.62. The number of rotatable bonds is 10. The molecule has 1 aromatic rings. The first-order valence-electron chi connectivity index (χ1n) is 7.02. The molecule has 0 fully saturated rings. The number of hydrogen-bond acceptors (Lipinski definition) is 1. The van der Waals surface area contributed by atoms with E-state index in [0.717, 1.165) is 12.4 Å². The van der Waals surface area contributed by atoms with Gasteiger partial charge in [0.05, 0.1) is 6.61 Å². The summed E-state index contributed by atoms with van der Waals surface area (Å²) in [5.74, 6) is 0.940. The van der Waals surface area contributed by atoms with Crippen LogP contribution in [-0.2, 0) is 0 Å². The van der Waals surface area contributed by atoms with Gasteiger partial charge in [-0.25, -0.2) is 0 Å². The fourth-order valence-corrected chi connectivity index (χ4v) is 1.89. The topological polar surface area (TPSA) is 9.23 Å². The van der Waals surface area contributed by atoms with Crippen LogP contribution in [0.2, 0.25) is 0 Å². The van der Waals surface area contributed by atoms with Crippen molar-refractivity contribution in [3.05, 3.63) is 30.3 Å². The molecule has 0 aliphatic heterocycles. The Morgan fingerprint density at radius 1 is 1.00 bits per heavy atom. The van der Waals surface area contributed by atoms with Crippen molar-refractivity contribution in [1.29, 1.82) is 0 Å². The second-order valence-corrected chi connectivity index (χ2v) is 4.56. The third-order valence-corrected chi connectivity index (χ3v) is 2.95. The second kappa shape index (κ2) is 13.1. The van der Waals surface area contributed by atoms with Crippen molar-refractivity contribution in [1.82, 2.24) is 0 Å². The minimum atomic E-state index is 0. The van der Waals surface area contributed by atoms with Crippen molar-refractivity contribution in [2.45, 2.75) is 58.3 Å². The summed E-state index contributed by atoms with van der Waals surface area (Å²) in [5, 5.41) is 0. The van der Waals surface area contributed by atoms with Crippen molar-refractivity contribution >= 4 is 0 Å². The van der Waals surface area contributed by atoms with Crippen LogP contribution in [0.3, 0.4) is 0 Å². The summed E-state index contributed by atoms with van der Waals surface area (Å²) in [5.41, 5.74) is 0. The molecule has 0 aliphatic rings. The maximum Gasteiger partial charge on any atom is 1.00 e. The minimum Gasteiger partial charge on any atom is -0.551 e. The summed E-state index contributed by atoms with van der Waals surface area (Å²) in [6.07, 6.45) is 10.8. The Kier molecular flexibility index (Phi) is 12.8. The van der Waals surface area contributed by atoms with Crippen LogP contribution in [0.25, 0.3) is 0 Å². The number of unbranched alkanes of at least 4 members (excludes halogenated alkanes) is 7. The summed E-state index contributed by atoms with van der Waals surface area (Å²) in [4.78, 5) is 0. The molecule has 0 heterocycles. The zero-order chi connectivity index (χ0) is 12.2. The molecule has 0 atom stereocenters. The van der Waals surface area contributed by atoms with Crippen molar-refractivity contribution in [3.8, 4) is 5.75 Å². The number of ether oxygens (including phenoxy) is 1. The number of hydrogen-bond donors (Lipinski definition) is 0. The van der Waals surface area contributed by atoms with Gasteiger partial charge in [0.25, 0.3) is 0 Å². The summed E-state index contributed by atoms with van der Waals surface area (Å²) in [7, 11) is 0. The molecule has 0 aliphatic carbocycles. The van der Waals surface area contributed by atoms with Crippen LogP contribution in [0.15, 0.2) is 24.3 Å². The summed E-state index contributed by atoms with van der Waals surface area (Å²) in [6, 6.07) is 10.8. The maximum atomic E-state index is 5.62. The third-order valence-electron chi connectivity index (χ3n) is 2.95. The molecule has 1 rings (SSSR count). The minimum absolute atomic E-state index is 0. The Hall–Kier alpha value is -0.383. The summed E-state index contributed by atoms with van der Waals surface area (Å²) in [6.45, 7) is 3.10. The Balaban J connectivity index is 0.00000289. The van der Waals surface area contributed by atoms with Crippen molar-refractivity contribution in [2.75, 3.05) is 6.61 Å². The largest absolute Gasteiger partial charge is 1.00 e. The van der Waals surface area contributed by atoms with Crippen LogP contribution in [0.5, 0.6) is 5.75 Å². The molecule has 0 unspecified atom stereocenters. The zero-order valence-electron chi connectivity index (χ0n) is 12.1. The average Bonchev–Trinajstić information content (AvgIpc) is 2.38. The Morgan fingerprint density at radius 2 is 1.67 bits per heavy atom. The molecule has 0 radical (unpaired) electrons. The fourth-order valence-electron chi connectivity index (χ4n) is 1.89. The van der Waals surface area contributed by atoms with E-state index in [0.29, 0.717) is 0 Å². The fraction of sp³-hybridized carbons (Fsp3) is 0.625. The van der Waals surface area contributed by atoms with E-state index in [-0.39, 0.29) is 18.9 Å². The normalized spacial score (nSPS) is 9.83. The van der Waals surface area contributed by atoms with Crippen LogP contribution in [0, 0.1) is 6.07 Å². The molecule has 0 saturated carbocycles. The molecule has 1 nitrogen and oxygen atoms in total. The molecule has 0 N–H and O–H groups in total. The average molecular weight is 240 g/mol. The third kappa shape index (κ3) is 9.63. The smallest absolute Gasteiger partial charge is 0.551 e. The molecule has 1 aromatic carbocycles. The number of benzene rings is 1. The van der Waals surface area contributed by atoms with E-state index in [9.17, 15) is 0 Å². The van der Waals surface area contributed by atoms with Crippen molar-refractivity contribution in [3.63, 3.8) is 0 Å². The van der Waals surface area contributed by atoms with Gasteiger partial charge in [-0.2, -0.15) is 18.2 Å². The second-order valence-electron chi connectivity index (χ2n) is 4.56. The Bertz CT molecular complexity index is 261. The predicted molar refractivity (Wildman–Crippen MR) is 73.4 cm³/mol. The van der Waals surface area contributed by atoms with Gasteiger partial charge in [0.15, 0.2) is 0 Å². The Labute approximate surface area is 124 Å². The summed E-state index contributed by atoms with van der Waals surface area (Å²) >= 11 is 0. The molecule has 18 heavy (non-hydrogen) atoms. The van der Waals surface area contributed by atoms with Gasteiger partial charge >= 0.3 is 18.9 Å². The van der Waals surface area contributed by atoms with Crippen molar-refractivity contribution < 1.29 is 23.6 Å². The molecule has 0 amide bonds. The molecule has 96 valence electrons. The molecular formula is C16H25LiO. The quantitative estimate of drug-likeness (QED) is 0.345. The summed E-state index contributed by atoms with van der Waals surface area (Å²) < 4.78 is 5.62. The van der Waals surface area contributed by atoms with Crippen LogP contribution >= 0.6 is 0 Å². The van der Waals surface area contributed by atoms with E-state index in [1.165, 1.54) is 51.4 Å². The van der Waals surface area contributed by atoms with Gasteiger partial charge in [0.1, 0.15) is 0 Å². The van der Waals surface area contributed by atoms with Crippen LogP contribution in [0.1, 0.15) is 58.3 Å². The van der Waals surface area contributed by atoms with Gasteiger partial charge in [-0.3, -0.25) is 0 Å². The van der Waals surface area contributed by atoms with Gasteiger partial charge < -0.3 is 4.74 Å². The molecule has 2 heteroatoms. The molecule has 0 bridgehead atoms. The van der Waals surface area contributed by atoms with E-state index in [2.05, 4.69) is 13.0 Å². The van der Waals surface area contributed by atoms with E-state index in [1.807, 2.05) is 24.3 Å². The first kappa shape index (κ1) is 17.6. The van der Waals surface area contributed by atoms with Gasteiger partial charge in [-0.15, -0.1) is 12.1 Å². The van der Waals surface area contributed by atoms with Crippen LogP contribution < -0.4 is 23.6 Å². The van der Waals surface area contributed by atoms with E-state index >= 15 is 0 Å². The van der Waals surface area contributed by atoms with Crippen LogP contribution in [0.4, 0.5) is 0 Å². The molecule has 0 aromatic heterocycles. The predicted octanol–water partition coefficient (Wildman–Crippen LogP) is 2.01. The van der Waals surface area contributed by atoms with E-state index in [4.69, 9.17) is 4.74 Å². The molecule has 0 saturated heterocycles. The van der Waals surface area contributed by atoms with Gasteiger partial charge in [0.2, 0.25) is 0 Å². The van der Waals surface area contributed by atoms with E-state index < -0.39 is 0 Å². The van der Waals surface area contributed by atoms with Gasteiger partial charge in [-0.05, 0) is 6.42 Å². The first-order valence-corrected chi connectivity index (χ1v) is 7.02. The SMILES string of the molecule is CCCCCCCCCCOc1c[c-]ccc1.[Li+]. The monoisotopic (exact) mass is 240 g/mol.